The van der Waals surface area contributed by atoms with Crippen LogP contribution >= 0.6 is 0 Å². The molecule has 6 heteroatoms. The quantitative estimate of drug-likeness (QED) is 0.897. The molecule has 1 N–H and O–H groups in total. The Morgan fingerprint density at radius 2 is 2.10 bits per heavy atom. The fraction of sp³-hybridized carbons (Fsp3) is 0.500. The molecule has 1 amide bonds. The van der Waals surface area contributed by atoms with Crippen molar-refractivity contribution in [1.29, 1.82) is 0 Å². The molecule has 0 bridgehead atoms. The lowest BCUT2D eigenvalue weighted by atomic mass is 10.1. The van der Waals surface area contributed by atoms with Crippen LogP contribution < -0.4 is 5.32 Å². The third kappa shape index (κ3) is 3.02. The van der Waals surface area contributed by atoms with Crippen LogP contribution in [0.2, 0.25) is 0 Å². The number of likely N-dealkylation sites (N-methyl/N-ethyl adjacent to an activating group) is 1. The van der Waals surface area contributed by atoms with Crippen molar-refractivity contribution in [3.05, 3.63) is 29.3 Å². The molecular weight excluding hydrogens is 276 g/mol. The van der Waals surface area contributed by atoms with Gasteiger partial charge in [-0.2, -0.15) is 0 Å². The van der Waals surface area contributed by atoms with Gasteiger partial charge in [0.2, 0.25) is 0 Å². The molecule has 1 aromatic rings. The fourth-order valence-electron chi connectivity index (χ4n) is 2.39. The van der Waals surface area contributed by atoms with Gasteiger partial charge in [-0.3, -0.25) is 4.79 Å². The number of nitrogens with zero attached hydrogens (tertiary/aromatic N) is 1. The first-order valence-corrected chi connectivity index (χ1v) is 8.48. The number of carbonyl (C=O) groups is 1. The molecule has 0 aliphatic carbocycles. The van der Waals surface area contributed by atoms with E-state index >= 15 is 0 Å². The third-order valence-corrected chi connectivity index (χ3v) is 4.88. The number of aryl methyl sites for hydroxylation is 1. The number of amides is 1. The molecule has 5 nitrogen and oxygen atoms in total. The molecule has 1 fully saturated rings. The molecule has 1 saturated heterocycles. The minimum absolute atomic E-state index is 0.123. The lowest BCUT2D eigenvalue weighted by molar-refractivity contribution is 0.0743. The van der Waals surface area contributed by atoms with E-state index in [9.17, 15) is 13.2 Å². The summed E-state index contributed by atoms with van der Waals surface area (Å²) in [4.78, 5) is 14.4. The largest absolute Gasteiger partial charge is 0.337 e. The topological polar surface area (TPSA) is 66.5 Å². The first-order valence-electron chi connectivity index (χ1n) is 6.59. The van der Waals surface area contributed by atoms with Crippen molar-refractivity contribution in [3.63, 3.8) is 0 Å². The lowest BCUT2D eigenvalue weighted by Gasteiger charge is -2.24. The van der Waals surface area contributed by atoms with Crippen molar-refractivity contribution in [2.24, 2.45) is 0 Å². The highest BCUT2D eigenvalue weighted by Crippen LogP contribution is 2.19. The van der Waals surface area contributed by atoms with Crippen LogP contribution in [0.15, 0.2) is 23.1 Å². The van der Waals surface area contributed by atoms with Gasteiger partial charge in [0.1, 0.15) is 0 Å². The van der Waals surface area contributed by atoms with E-state index in [2.05, 4.69) is 5.32 Å². The summed E-state index contributed by atoms with van der Waals surface area (Å²) in [5, 5.41) is 3.22. The van der Waals surface area contributed by atoms with E-state index in [1.807, 2.05) is 6.92 Å². The maximum absolute atomic E-state index is 12.5. The van der Waals surface area contributed by atoms with Crippen LogP contribution in [0.25, 0.3) is 0 Å². The summed E-state index contributed by atoms with van der Waals surface area (Å²) in [7, 11) is -1.53. The summed E-state index contributed by atoms with van der Waals surface area (Å²) < 4.78 is 23.2. The second-order valence-electron chi connectivity index (χ2n) is 5.31. The van der Waals surface area contributed by atoms with Crippen LogP contribution in [0, 0.1) is 6.92 Å². The van der Waals surface area contributed by atoms with E-state index in [1.165, 1.54) is 6.07 Å². The van der Waals surface area contributed by atoms with E-state index < -0.39 is 9.84 Å². The SMILES string of the molecule is Cc1ccc(S(C)(=O)=O)cc1C(=O)N(C)[C@@H]1CCNC1. The molecular formula is C14H20N2O3S. The molecule has 1 heterocycles. The monoisotopic (exact) mass is 296 g/mol. The van der Waals surface area contributed by atoms with Crippen LogP contribution in [0.4, 0.5) is 0 Å². The van der Waals surface area contributed by atoms with Gasteiger partial charge in [-0.25, -0.2) is 8.42 Å². The summed E-state index contributed by atoms with van der Waals surface area (Å²) in [6.45, 7) is 3.51. The number of sulfone groups is 1. The highest BCUT2D eigenvalue weighted by Gasteiger charge is 2.25. The van der Waals surface area contributed by atoms with Crippen molar-refractivity contribution in [1.82, 2.24) is 10.2 Å². The van der Waals surface area contributed by atoms with E-state index in [0.29, 0.717) is 5.56 Å². The zero-order valence-electron chi connectivity index (χ0n) is 12.0. The summed E-state index contributed by atoms with van der Waals surface area (Å²) in [5.41, 5.74) is 1.25. The first kappa shape index (κ1) is 15.0. The zero-order chi connectivity index (χ0) is 14.9. The molecule has 0 radical (unpaired) electrons. The van der Waals surface area contributed by atoms with E-state index in [4.69, 9.17) is 0 Å². The summed E-state index contributed by atoms with van der Waals surface area (Å²) in [6.07, 6.45) is 2.07. The van der Waals surface area contributed by atoms with Gasteiger partial charge in [0.25, 0.3) is 5.91 Å². The number of benzene rings is 1. The maximum atomic E-state index is 12.5. The Kier molecular flexibility index (Phi) is 4.15. The highest BCUT2D eigenvalue weighted by molar-refractivity contribution is 7.90. The molecule has 0 aromatic heterocycles. The molecule has 110 valence electrons. The van der Waals surface area contributed by atoms with Crippen molar-refractivity contribution in [2.45, 2.75) is 24.3 Å². The van der Waals surface area contributed by atoms with Gasteiger partial charge in [0, 0.05) is 31.5 Å². The number of hydrogen-bond acceptors (Lipinski definition) is 4. The van der Waals surface area contributed by atoms with E-state index in [1.54, 1.807) is 24.1 Å². The number of carbonyl (C=O) groups excluding carboxylic acids is 1. The Morgan fingerprint density at radius 1 is 1.40 bits per heavy atom. The Labute approximate surface area is 119 Å². The number of nitrogens with one attached hydrogen (secondary N) is 1. The number of rotatable bonds is 3. The molecule has 0 saturated carbocycles. The van der Waals surface area contributed by atoms with Gasteiger partial charge >= 0.3 is 0 Å². The zero-order valence-corrected chi connectivity index (χ0v) is 12.8. The molecule has 1 atom stereocenters. The van der Waals surface area contributed by atoms with Crippen molar-refractivity contribution in [2.75, 3.05) is 26.4 Å². The second kappa shape index (κ2) is 5.54. The van der Waals surface area contributed by atoms with Crippen LogP contribution in [0.3, 0.4) is 0 Å². The van der Waals surface area contributed by atoms with Gasteiger partial charge in [-0.15, -0.1) is 0 Å². The summed E-state index contributed by atoms with van der Waals surface area (Å²) >= 11 is 0. The lowest BCUT2D eigenvalue weighted by Crippen LogP contribution is -2.38. The van der Waals surface area contributed by atoms with E-state index in [0.717, 1.165) is 31.3 Å². The third-order valence-electron chi connectivity index (χ3n) is 3.77. The van der Waals surface area contributed by atoms with Crippen molar-refractivity contribution < 1.29 is 13.2 Å². The van der Waals surface area contributed by atoms with E-state index in [-0.39, 0.29) is 16.8 Å². The average molecular weight is 296 g/mol. The minimum atomic E-state index is -3.30. The fourth-order valence-corrected chi connectivity index (χ4v) is 3.04. The minimum Gasteiger partial charge on any atom is -0.337 e. The Balaban J connectivity index is 2.33. The van der Waals surface area contributed by atoms with Crippen LogP contribution in [0.1, 0.15) is 22.3 Å². The molecule has 2 rings (SSSR count). The summed E-state index contributed by atoms with van der Waals surface area (Å²) in [5.74, 6) is -0.123. The van der Waals surface area contributed by atoms with Crippen molar-refractivity contribution >= 4 is 15.7 Å². The second-order valence-corrected chi connectivity index (χ2v) is 7.33. The van der Waals surface area contributed by atoms with Crippen molar-refractivity contribution in [3.8, 4) is 0 Å². The molecule has 1 aliphatic heterocycles. The smallest absolute Gasteiger partial charge is 0.254 e. The molecule has 0 unspecified atom stereocenters. The van der Waals surface area contributed by atoms with Gasteiger partial charge in [0.15, 0.2) is 9.84 Å². The normalized spacial score (nSPS) is 19.1. The highest BCUT2D eigenvalue weighted by atomic mass is 32.2. The first-order chi connectivity index (χ1) is 9.30. The molecule has 1 aromatic carbocycles. The van der Waals surface area contributed by atoms with Gasteiger partial charge in [-0.1, -0.05) is 6.07 Å². The van der Waals surface area contributed by atoms with Gasteiger partial charge < -0.3 is 10.2 Å². The number of hydrogen-bond donors (Lipinski definition) is 1. The molecule has 20 heavy (non-hydrogen) atoms. The molecule has 1 aliphatic rings. The van der Waals surface area contributed by atoms with Gasteiger partial charge in [0.05, 0.1) is 4.90 Å². The van der Waals surface area contributed by atoms with Crippen LogP contribution in [-0.4, -0.2) is 51.7 Å². The Hall–Kier alpha value is -1.40. The average Bonchev–Trinajstić information content (AvgIpc) is 2.90. The van der Waals surface area contributed by atoms with Crippen LogP contribution in [0.5, 0.6) is 0 Å². The predicted octanol–water partition coefficient (Wildman–Crippen LogP) is 0.832. The summed E-state index contributed by atoms with van der Waals surface area (Å²) in [6, 6.07) is 4.87. The van der Waals surface area contributed by atoms with Crippen LogP contribution in [-0.2, 0) is 9.84 Å². The Bertz CT molecular complexity index is 619. The standard InChI is InChI=1S/C14H20N2O3S/c1-10-4-5-12(20(3,18)19)8-13(10)14(17)16(2)11-6-7-15-9-11/h4-5,8,11,15H,6-7,9H2,1-3H3/t11-/m1/s1. The Morgan fingerprint density at radius 3 is 2.65 bits per heavy atom. The maximum Gasteiger partial charge on any atom is 0.254 e. The van der Waals surface area contributed by atoms with Gasteiger partial charge in [-0.05, 0) is 37.6 Å². The molecule has 0 spiro atoms. The predicted molar refractivity (Wildman–Crippen MR) is 77.7 cm³/mol.